The SMILES string of the molecule is CC(C(=O)O)S(=O)(=O)Cc1nc2ccccc2s1. The van der Waals surface area contributed by atoms with Gasteiger partial charge in [0.15, 0.2) is 15.1 Å². The molecule has 1 aromatic heterocycles. The topological polar surface area (TPSA) is 84.3 Å². The molecule has 5 nitrogen and oxygen atoms in total. The molecule has 0 aliphatic heterocycles. The second kappa shape index (κ2) is 4.66. The maximum absolute atomic E-state index is 11.8. The third kappa shape index (κ3) is 2.51. The van der Waals surface area contributed by atoms with Crippen LogP contribution in [0.25, 0.3) is 10.2 Å². The van der Waals surface area contributed by atoms with Crippen LogP contribution in [0.1, 0.15) is 11.9 Å². The van der Waals surface area contributed by atoms with Crippen LogP contribution in [-0.4, -0.2) is 29.7 Å². The van der Waals surface area contributed by atoms with E-state index in [0.29, 0.717) is 5.01 Å². The lowest BCUT2D eigenvalue weighted by Gasteiger charge is -2.05. The van der Waals surface area contributed by atoms with Gasteiger partial charge in [0, 0.05) is 0 Å². The highest BCUT2D eigenvalue weighted by molar-refractivity contribution is 7.92. The molecular weight excluding hydrogens is 274 g/mol. The number of fused-ring (bicyclic) bond motifs is 1. The summed E-state index contributed by atoms with van der Waals surface area (Å²) in [7, 11) is -3.71. The number of hydrogen-bond donors (Lipinski definition) is 1. The molecule has 2 aromatic rings. The monoisotopic (exact) mass is 285 g/mol. The summed E-state index contributed by atoms with van der Waals surface area (Å²) in [5, 5.41) is 7.75. The van der Waals surface area contributed by atoms with Crippen molar-refractivity contribution in [1.82, 2.24) is 4.98 Å². The Hall–Kier alpha value is -1.47. The zero-order chi connectivity index (χ0) is 13.3. The van der Waals surface area contributed by atoms with Crippen LogP contribution in [0.15, 0.2) is 24.3 Å². The summed E-state index contributed by atoms with van der Waals surface area (Å²) in [6, 6.07) is 7.31. The largest absolute Gasteiger partial charge is 0.480 e. The van der Waals surface area contributed by atoms with Crippen molar-refractivity contribution >= 4 is 37.4 Å². The predicted molar refractivity (Wildman–Crippen MR) is 69.3 cm³/mol. The van der Waals surface area contributed by atoms with Gasteiger partial charge in [0.2, 0.25) is 0 Å². The van der Waals surface area contributed by atoms with Gasteiger partial charge in [-0.2, -0.15) is 0 Å². The fourth-order valence-electron chi connectivity index (χ4n) is 1.43. The zero-order valence-corrected chi connectivity index (χ0v) is 11.2. The minimum absolute atomic E-state index is 0.334. The summed E-state index contributed by atoms with van der Waals surface area (Å²) in [5.41, 5.74) is 0.732. The Kier molecular flexibility index (Phi) is 3.36. The summed E-state index contributed by atoms with van der Waals surface area (Å²) < 4.78 is 24.5. The maximum Gasteiger partial charge on any atom is 0.321 e. The normalized spacial score (nSPS) is 13.6. The number of benzene rings is 1. The van der Waals surface area contributed by atoms with Crippen molar-refractivity contribution < 1.29 is 18.3 Å². The third-order valence-electron chi connectivity index (χ3n) is 2.55. The minimum Gasteiger partial charge on any atom is -0.480 e. The highest BCUT2D eigenvalue weighted by atomic mass is 32.2. The van der Waals surface area contributed by atoms with Crippen LogP contribution in [0, 0.1) is 0 Å². The molecule has 0 saturated heterocycles. The van der Waals surface area contributed by atoms with E-state index in [1.807, 2.05) is 18.2 Å². The highest BCUT2D eigenvalue weighted by Gasteiger charge is 2.28. The summed E-state index contributed by atoms with van der Waals surface area (Å²) >= 11 is 1.27. The first-order chi connectivity index (χ1) is 8.40. The van der Waals surface area contributed by atoms with E-state index in [-0.39, 0.29) is 5.75 Å². The molecule has 7 heteroatoms. The first kappa shape index (κ1) is 13.0. The van der Waals surface area contributed by atoms with Gasteiger partial charge < -0.3 is 5.11 Å². The minimum atomic E-state index is -3.71. The second-order valence-electron chi connectivity index (χ2n) is 3.86. The van der Waals surface area contributed by atoms with Crippen LogP contribution in [-0.2, 0) is 20.4 Å². The molecule has 0 fully saturated rings. The molecule has 96 valence electrons. The van der Waals surface area contributed by atoms with E-state index in [2.05, 4.69) is 4.98 Å². The number of nitrogens with zero attached hydrogens (tertiary/aromatic N) is 1. The zero-order valence-electron chi connectivity index (χ0n) is 9.53. The van der Waals surface area contributed by atoms with Crippen molar-refractivity contribution in [3.63, 3.8) is 0 Å². The molecule has 0 aliphatic rings. The summed E-state index contributed by atoms with van der Waals surface area (Å²) in [5.74, 6) is -1.67. The Labute approximate surface area is 108 Å². The molecule has 1 unspecified atom stereocenters. The van der Waals surface area contributed by atoms with Gasteiger partial charge in [-0.3, -0.25) is 4.79 Å². The molecule has 0 saturated carbocycles. The number of carboxylic acid groups (broad SMARTS) is 1. The lowest BCUT2D eigenvalue weighted by molar-refractivity contribution is -0.136. The lowest BCUT2D eigenvalue weighted by Crippen LogP contribution is -2.27. The molecule has 18 heavy (non-hydrogen) atoms. The quantitative estimate of drug-likeness (QED) is 0.924. The number of aromatic nitrogens is 1. The predicted octanol–water partition coefficient (Wildman–Crippen LogP) is 1.68. The van der Waals surface area contributed by atoms with Gasteiger partial charge in [0.25, 0.3) is 0 Å². The van der Waals surface area contributed by atoms with Crippen LogP contribution < -0.4 is 0 Å². The molecule has 0 spiro atoms. The fourth-order valence-corrected chi connectivity index (χ4v) is 3.89. The molecule has 1 aromatic carbocycles. The van der Waals surface area contributed by atoms with E-state index in [0.717, 1.165) is 10.2 Å². The van der Waals surface area contributed by atoms with Crippen LogP contribution >= 0.6 is 11.3 Å². The molecule has 0 amide bonds. The Morgan fingerprint density at radius 2 is 2.11 bits per heavy atom. The van der Waals surface area contributed by atoms with E-state index in [4.69, 9.17) is 5.11 Å². The summed E-state index contributed by atoms with van der Waals surface area (Å²) in [6.45, 7) is 1.17. The molecule has 0 aliphatic carbocycles. The number of carboxylic acids is 1. The fraction of sp³-hybridized carbons (Fsp3) is 0.273. The van der Waals surface area contributed by atoms with Crippen molar-refractivity contribution in [2.24, 2.45) is 0 Å². The van der Waals surface area contributed by atoms with E-state index < -0.39 is 21.1 Å². The van der Waals surface area contributed by atoms with Gasteiger partial charge in [0.1, 0.15) is 10.8 Å². The number of aliphatic carboxylic acids is 1. The molecule has 0 bridgehead atoms. The average Bonchev–Trinajstić information content (AvgIpc) is 2.68. The molecule has 0 radical (unpaired) electrons. The van der Waals surface area contributed by atoms with Gasteiger partial charge in [0.05, 0.1) is 10.2 Å². The van der Waals surface area contributed by atoms with Crippen LogP contribution in [0.5, 0.6) is 0 Å². The Balaban J connectivity index is 2.31. The van der Waals surface area contributed by atoms with Gasteiger partial charge in [-0.05, 0) is 19.1 Å². The highest BCUT2D eigenvalue weighted by Crippen LogP contribution is 2.24. The van der Waals surface area contributed by atoms with E-state index in [1.54, 1.807) is 6.07 Å². The Morgan fingerprint density at radius 1 is 1.44 bits per heavy atom. The number of hydrogen-bond acceptors (Lipinski definition) is 5. The number of thiazole rings is 1. The van der Waals surface area contributed by atoms with Crippen molar-refractivity contribution in [2.75, 3.05) is 0 Å². The van der Waals surface area contributed by atoms with Crippen molar-refractivity contribution in [2.45, 2.75) is 17.9 Å². The lowest BCUT2D eigenvalue weighted by atomic mass is 10.3. The van der Waals surface area contributed by atoms with Crippen molar-refractivity contribution in [3.8, 4) is 0 Å². The van der Waals surface area contributed by atoms with E-state index in [1.165, 1.54) is 18.3 Å². The van der Waals surface area contributed by atoms with Crippen LogP contribution in [0.4, 0.5) is 0 Å². The second-order valence-corrected chi connectivity index (χ2v) is 7.30. The van der Waals surface area contributed by atoms with E-state index in [9.17, 15) is 13.2 Å². The number of carbonyl (C=O) groups is 1. The third-order valence-corrected chi connectivity index (χ3v) is 5.72. The standard InChI is InChI=1S/C11H11NO4S2/c1-7(11(13)14)18(15,16)6-10-12-8-4-2-3-5-9(8)17-10/h2-5,7H,6H2,1H3,(H,13,14). The van der Waals surface area contributed by atoms with Crippen LogP contribution in [0.2, 0.25) is 0 Å². The molecular formula is C11H11NO4S2. The average molecular weight is 285 g/mol. The maximum atomic E-state index is 11.8. The number of sulfone groups is 1. The molecule has 2 rings (SSSR count). The van der Waals surface area contributed by atoms with Gasteiger partial charge >= 0.3 is 5.97 Å². The Morgan fingerprint density at radius 3 is 2.72 bits per heavy atom. The van der Waals surface area contributed by atoms with Gasteiger partial charge in [-0.25, -0.2) is 13.4 Å². The summed E-state index contributed by atoms with van der Waals surface area (Å²) in [4.78, 5) is 14.9. The molecule has 1 atom stereocenters. The molecule has 1 N–H and O–H groups in total. The van der Waals surface area contributed by atoms with Gasteiger partial charge in [-0.15, -0.1) is 11.3 Å². The van der Waals surface area contributed by atoms with Crippen molar-refractivity contribution in [1.29, 1.82) is 0 Å². The number of rotatable bonds is 4. The van der Waals surface area contributed by atoms with Crippen molar-refractivity contribution in [3.05, 3.63) is 29.3 Å². The van der Waals surface area contributed by atoms with E-state index >= 15 is 0 Å². The first-order valence-electron chi connectivity index (χ1n) is 5.19. The first-order valence-corrected chi connectivity index (χ1v) is 7.72. The van der Waals surface area contributed by atoms with Gasteiger partial charge in [-0.1, -0.05) is 12.1 Å². The molecule has 1 heterocycles. The van der Waals surface area contributed by atoms with Crippen LogP contribution in [0.3, 0.4) is 0 Å². The smallest absolute Gasteiger partial charge is 0.321 e. The summed E-state index contributed by atoms with van der Waals surface area (Å²) in [6.07, 6.45) is 0. The Bertz CT molecular complexity index is 657. The number of para-hydroxylation sites is 1.